The molecule has 6 heteroatoms. The normalized spacial score (nSPS) is 15.7. The van der Waals surface area contributed by atoms with Gasteiger partial charge in [-0.15, -0.1) is 0 Å². The van der Waals surface area contributed by atoms with Crippen LogP contribution in [-0.4, -0.2) is 11.9 Å². The molecule has 0 saturated carbocycles. The first-order valence-corrected chi connectivity index (χ1v) is 8.50. The van der Waals surface area contributed by atoms with Crippen molar-refractivity contribution >= 4 is 11.9 Å². The Bertz CT molecular complexity index is 980. The van der Waals surface area contributed by atoms with Gasteiger partial charge in [0.05, 0.1) is 18.4 Å². The lowest BCUT2D eigenvalue weighted by Gasteiger charge is -2.25. The third-order valence-electron chi connectivity index (χ3n) is 4.49. The first-order chi connectivity index (χ1) is 13.1. The molecule has 1 unspecified atom stereocenters. The third-order valence-corrected chi connectivity index (χ3v) is 4.49. The molecule has 1 aliphatic heterocycles. The largest absolute Gasteiger partial charge is 0.467 e. The summed E-state index contributed by atoms with van der Waals surface area (Å²) in [6, 6.07) is 14.3. The van der Waals surface area contributed by atoms with Gasteiger partial charge in [0.2, 0.25) is 0 Å². The first kappa shape index (κ1) is 17.0. The quantitative estimate of drug-likeness (QED) is 0.714. The van der Waals surface area contributed by atoms with Gasteiger partial charge in [-0.3, -0.25) is 4.79 Å². The molecular formula is C21H16FNO4. The Balaban J connectivity index is 1.53. The van der Waals surface area contributed by atoms with Gasteiger partial charge in [-0.05, 0) is 53.6 Å². The highest BCUT2D eigenvalue weighted by atomic mass is 19.1. The fourth-order valence-electron chi connectivity index (χ4n) is 3.08. The van der Waals surface area contributed by atoms with Crippen molar-refractivity contribution in [2.75, 3.05) is 0 Å². The number of nitrogens with one attached hydrogen (secondary N) is 1. The second-order valence-electron chi connectivity index (χ2n) is 6.28. The lowest BCUT2D eigenvalue weighted by molar-refractivity contribution is 0.0252. The number of hydrogen-bond donors (Lipinski definition) is 1. The van der Waals surface area contributed by atoms with Crippen molar-refractivity contribution in [3.63, 3.8) is 0 Å². The summed E-state index contributed by atoms with van der Waals surface area (Å²) >= 11 is 0. The molecule has 0 bridgehead atoms. The van der Waals surface area contributed by atoms with Gasteiger partial charge < -0.3 is 14.5 Å². The Kier molecular flexibility index (Phi) is 4.46. The van der Waals surface area contributed by atoms with E-state index in [1.54, 1.807) is 48.7 Å². The summed E-state index contributed by atoms with van der Waals surface area (Å²) in [5.74, 6) is -0.405. The van der Waals surface area contributed by atoms with Crippen molar-refractivity contribution in [3.05, 3.63) is 94.7 Å². The maximum Gasteiger partial charge on any atom is 0.339 e. The minimum atomic E-state index is -0.507. The van der Waals surface area contributed by atoms with Crippen molar-refractivity contribution < 1.29 is 23.1 Å². The zero-order valence-electron chi connectivity index (χ0n) is 14.3. The molecule has 27 heavy (non-hydrogen) atoms. The van der Waals surface area contributed by atoms with Crippen LogP contribution in [0.25, 0.3) is 0 Å². The number of rotatable bonds is 4. The van der Waals surface area contributed by atoms with E-state index in [4.69, 9.17) is 9.15 Å². The van der Waals surface area contributed by atoms with E-state index in [1.807, 2.05) is 0 Å². The van der Waals surface area contributed by atoms with Gasteiger partial charge in [-0.2, -0.15) is 0 Å². The van der Waals surface area contributed by atoms with Crippen molar-refractivity contribution in [2.45, 2.75) is 19.1 Å². The van der Waals surface area contributed by atoms with Crippen LogP contribution in [0.1, 0.15) is 43.7 Å². The number of benzene rings is 2. The molecule has 0 saturated heterocycles. The second-order valence-corrected chi connectivity index (χ2v) is 6.28. The molecule has 1 N–H and O–H groups in total. The molecule has 3 aromatic rings. The van der Waals surface area contributed by atoms with E-state index in [9.17, 15) is 14.0 Å². The Morgan fingerprint density at radius 1 is 1.15 bits per heavy atom. The molecule has 0 aliphatic carbocycles. The fourth-order valence-corrected chi connectivity index (χ4v) is 3.08. The minimum absolute atomic E-state index is 0.258. The average molecular weight is 365 g/mol. The molecule has 4 rings (SSSR count). The van der Waals surface area contributed by atoms with Crippen molar-refractivity contribution in [1.82, 2.24) is 5.32 Å². The van der Waals surface area contributed by atoms with E-state index in [1.165, 1.54) is 12.1 Å². The topological polar surface area (TPSA) is 68.5 Å². The highest BCUT2D eigenvalue weighted by Crippen LogP contribution is 2.31. The summed E-state index contributed by atoms with van der Waals surface area (Å²) in [5, 5.41) is 2.78. The van der Waals surface area contributed by atoms with Gasteiger partial charge >= 0.3 is 5.97 Å². The molecular weight excluding hydrogens is 349 g/mol. The molecule has 0 fully saturated rings. The van der Waals surface area contributed by atoms with Gasteiger partial charge in [-0.1, -0.05) is 12.1 Å². The van der Waals surface area contributed by atoms with E-state index in [2.05, 4.69) is 5.32 Å². The number of carbonyl (C=O) groups excluding carboxylic acids is 2. The number of halogens is 1. The molecule has 2 aromatic carbocycles. The molecule has 1 atom stereocenters. The molecule has 0 spiro atoms. The lowest BCUT2D eigenvalue weighted by Crippen LogP contribution is -2.25. The van der Waals surface area contributed by atoms with Gasteiger partial charge in [0.1, 0.15) is 17.7 Å². The van der Waals surface area contributed by atoms with Crippen LogP contribution in [0.4, 0.5) is 4.39 Å². The molecule has 136 valence electrons. The summed E-state index contributed by atoms with van der Waals surface area (Å²) in [6.45, 7) is 0.281. The summed E-state index contributed by atoms with van der Waals surface area (Å²) < 4.78 is 23.8. The van der Waals surface area contributed by atoms with Crippen LogP contribution in [0.2, 0.25) is 0 Å². The number of cyclic esters (lactones) is 1. The number of carbonyl (C=O) groups is 2. The van der Waals surface area contributed by atoms with Crippen LogP contribution in [0.15, 0.2) is 65.3 Å². The second kappa shape index (κ2) is 7.07. The summed E-state index contributed by atoms with van der Waals surface area (Å²) in [4.78, 5) is 24.7. The highest BCUT2D eigenvalue weighted by Gasteiger charge is 2.28. The van der Waals surface area contributed by atoms with Gasteiger partial charge in [-0.25, -0.2) is 9.18 Å². The molecule has 1 aromatic heterocycles. The Morgan fingerprint density at radius 2 is 1.96 bits per heavy atom. The van der Waals surface area contributed by atoms with Crippen LogP contribution in [0, 0.1) is 5.82 Å². The summed E-state index contributed by atoms with van der Waals surface area (Å²) in [7, 11) is 0. The number of esters is 1. The number of hydrogen-bond acceptors (Lipinski definition) is 4. The van der Waals surface area contributed by atoms with Crippen LogP contribution in [0.5, 0.6) is 0 Å². The molecule has 2 heterocycles. The monoisotopic (exact) mass is 365 g/mol. The predicted molar refractivity (Wildman–Crippen MR) is 94.6 cm³/mol. The van der Waals surface area contributed by atoms with Crippen molar-refractivity contribution in [3.8, 4) is 0 Å². The number of ether oxygens (including phenoxy) is 1. The van der Waals surface area contributed by atoms with E-state index in [0.717, 1.165) is 5.56 Å². The Hall–Kier alpha value is -3.41. The molecule has 1 amide bonds. The predicted octanol–water partition coefficient (Wildman–Crippen LogP) is 3.80. The Labute approximate surface area is 154 Å². The van der Waals surface area contributed by atoms with Crippen molar-refractivity contribution in [2.24, 2.45) is 0 Å². The molecule has 0 radical (unpaired) electrons. The van der Waals surface area contributed by atoms with E-state index < -0.39 is 12.1 Å². The standard InChI is InChI=1S/C21H16FNO4/c22-16-6-3-13(4-7-16)19-11-15-10-14(5-8-18(15)21(25)27-19)20(24)23-12-17-2-1-9-26-17/h1-10,19H,11-12H2,(H,23,24). The fraction of sp³-hybridized carbons (Fsp3) is 0.143. The number of amides is 1. The minimum Gasteiger partial charge on any atom is -0.467 e. The summed E-state index contributed by atoms with van der Waals surface area (Å²) in [6.07, 6.45) is 1.46. The third kappa shape index (κ3) is 3.60. The lowest BCUT2D eigenvalue weighted by atomic mass is 9.93. The zero-order valence-corrected chi connectivity index (χ0v) is 14.3. The zero-order chi connectivity index (χ0) is 18.8. The SMILES string of the molecule is O=C(NCc1ccco1)c1ccc2c(c1)CC(c1ccc(F)cc1)OC2=O. The van der Waals surface area contributed by atoms with Crippen LogP contribution in [-0.2, 0) is 17.7 Å². The van der Waals surface area contributed by atoms with E-state index in [-0.39, 0.29) is 18.3 Å². The Morgan fingerprint density at radius 3 is 2.70 bits per heavy atom. The van der Waals surface area contributed by atoms with E-state index in [0.29, 0.717) is 28.9 Å². The van der Waals surface area contributed by atoms with Crippen molar-refractivity contribution in [1.29, 1.82) is 0 Å². The molecule has 1 aliphatic rings. The smallest absolute Gasteiger partial charge is 0.339 e. The van der Waals surface area contributed by atoms with Gasteiger partial charge in [0.25, 0.3) is 5.91 Å². The first-order valence-electron chi connectivity index (χ1n) is 8.50. The molecule has 5 nitrogen and oxygen atoms in total. The highest BCUT2D eigenvalue weighted by molar-refractivity contribution is 5.97. The van der Waals surface area contributed by atoms with Gasteiger partial charge in [0.15, 0.2) is 0 Å². The van der Waals surface area contributed by atoms with Crippen LogP contribution >= 0.6 is 0 Å². The number of fused-ring (bicyclic) bond motifs is 1. The maximum atomic E-state index is 13.1. The number of furan rings is 1. The van der Waals surface area contributed by atoms with Crippen LogP contribution < -0.4 is 5.32 Å². The van der Waals surface area contributed by atoms with Crippen LogP contribution in [0.3, 0.4) is 0 Å². The maximum absolute atomic E-state index is 13.1. The average Bonchev–Trinajstić information content (AvgIpc) is 3.20. The van der Waals surface area contributed by atoms with Gasteiger partial charge in [0, 0.05) is 12.0 Å². The van der Waals surface area contributed by atoms with E-state index >= 15 is 0 Å². The summed E-state index contributed by atoms with van der Waals surface area (Å²) in [5.41, 5.74) is 2.33.